The SMILES string of the molecule is CCc1nc(-c2cccc(C(F)(F)F)c2)c(N)s1. The van der Waals surface area contributed by atoms with Crippen LogP contribution in [0.5, 0.6) is 0 Å². The van der Waals surface area contributed by atoms with E-state index in [1.807, 2.05) is 6.92 Å². The monoisotopic (exact) mass is 272 g/mol. The number of nitrogen functional groups attached to an aromatic ring is 1. The first-order valence-electron chi connectivity index (χ1n) is 5.34. The Morgan fingerprint density at radius 2 is 2.06 bits per heavy atom. The summed E-state index contributed by atoms with van der Waals surface area (Å²) in [6.07, 6.45) is -3.64. The molecule has 0 aliphatic heterocycles. The van der Waals surface area contributed by atoms with Crippen molar-refractivity contribution in [3.05, 3.63) is 34.8 Å². The molecule has 0 amide bonds. The quantitative estimate of drug-likeness (QED) is 0.898. The zero-order valence-corrected chi connectivity index (χ0v) is 10.4. The Hall–Kier alpha value is -1.56. The molecule has 2 nitrogen and oxygen atoms in total. The molecule has 2 rings (SSSR count). The molecular weight excluding hydrogens is 261 g/mol. The van der Waals surface area contributed by atoms with E-state index in [1.54, 1.807) is 6.07 Å². The van der Waals surface area contributed by atoms with E-state index in [1.165, 1.54) is 17.4 Å². The van der Waals surface area contributed by atoms with E-state index in [-0.39, 0.29) is 0 Å². The molecular formula is C12H11F3N2S. The van der Waals surface area contributed by atoms with Gasteiger partial charge in [-0.05, 0) is 18.6 Å². The molecule has 0 atom stereocenters. The minimum atomic E-state index is -4.35. The van der Waals surface area contributed by atoms with Crippen LogP contribution in [-0.4, -0.2) is 4.98 Å². The van der Waals surface area contributed by atoms with Gasteiger partial charge < -0.3 is 5.73 Å². The molecule has 2 N–H and O–H groups in total. The Kier molecular flexibility index (Phi) is 3.30. The van der Waals surface area contributed by atoms with Gasteiger partial charge in [-0.3, -0.25) is 0 Å². The summed E-state index contributed by atoms with van der Waals surface area (Å²) in [6.45, 7) is 1.92. The molecule has 0 saturated heterocycles. The van der Waals surface area contributed by atoms with Gasteiger partial charge in [0.1, 0.15) is 10.7 Å². The molecule has 1 aromatic heterocycles. The zero-order valence-electron chi connectivity index (χ0n) is 9.58. The molecule has 1 aromatic carbocycles. The predicted octanol–water partition coefficient (Wildman–Crippen LogP) is 3.97. The maximum atomic E-state index is 12.6. The fourth-order valence-corrected chi connectivity index (χ4v) is 2.37. The van der Waals surface area contributed by atoms with Gasteiger partial charge in [0.05, 0.1) is 10.6 Å². The van der Waals surface area contributed by atoms with Gasteiger partial charge in [0.2, 0.25) is 0 Å². The van der Waals surface area contributed by atoms with Crippen LogP contribution in [0.4, 0.5) is 18.2 Å². The number of hydrogen-bond acceptors (Lipinski definition) is 3. The fourth-order valence-electron chi connectivity index (χ4n) is 1.58. The predicted molar refractivity (Wildman–Crippen MR) is 66.3 cm³/mol. The van der Waals surface area contributed by atoms with E-state index in [0.717, 1.165) is 17.1 Å². The highest BCUT2D eigenvalue weighted by Crippen LogP contribution is 2.35. The number of thiazole rings is 1. The van der Waals surface area contributed by atoms with Crippen molar-refractivity contribution in [2.24, 2.45) is 0 Å². The lowest BCUT2D eigenvalue weighted by atomic mass is 10.1. The maximum Gasteiger partial charge on any atom is 0.416 e. The normalized spacial score (nSPS) is 11.8. The van der Waals surface area contributed by atoms with Crippen molar-refractivity contribution in [1.29, 1.82) is 0 Å². The lowest BCUT2D eigenvalue weighted by Gasteiger charge is -2.07. The molecule has 0 saturated carbocycles. The van der Waals surface area contributed by atoms with E-state index < -0.39 is 11.7 Å². The van der Waals surface area contributed by atoms with Crippen molar-refractivity contribution in [2.45, 2.75) is 19.5 Å². The Morgan fingerprint density at radius 3 is 2.61 bits per heavy atom. The first kappa shape index (κ1) is 12.9. The van der Waals surface area contributed by atoms with E-state index in [9.17, 15) is 13.2 Å². The molecule has 0 unspecified atom stereocenters. The standard InChI is InChI=1S/C12H11F3N2S/c1-2-9-17-10(11(16)18-9)7-4-3-5-8(6-7)12(13,14)15/h3-6H,2,16H2,1H3. The van der Waals surface area contributed by atoms with Crippen LogP contribution in [-0.2, 0) is 12.6 Å². The lowest BCUT2D eigenvalue weighted by Crippen LogP contribution is -2.04. The van der Waals surface area contributed by atoms with Gasteiger partial charge >= 0.3 is 6.18 Å². The van der Waals surface area contributed by atoms with Crippen LogP contribution >= 0.6 is 11.3 Å². The maximum absolute atomic E-state index is 12.6. The summed E-state index contributed by atoms with van der Waals surface area (Å²) in [5.41, 5.74) is 5.93. The summed E-state index contributed by atoms with van der Waals surface area (Å²) >= 11 is 1.31. The summed E-state index contributed by atoms with van der Waals surface area (Å²) in [7, 11) is 0. The fraction of sp³-hybridized carbons (Fsp3) is 0.250. The van der Waals surface area contributed by atoms with Crippen LogP contribution in [0, 0.1) is 0 Å². The summed E-state index contributed by atoms with van der Waals surface area (Å²) in [6, 6.07) is 5.06. The number of benzene rings is 1. The molecule has 0 aliphatic rings. The molecule has 0 aliphatic carbocycles. The molecule has 0 fully saturated rings. The third kappa shape index (κ3) is 2.48. The molecule has 2 aromatic rings. The van der Waals surface area contributed by atoms with Gasteiger partial charge in [-0.25, -0.2) is 4.98 Å². The molecule has 0 bridgehead atoms. The van der Waals surface area contributed by atoms with Crippen LogP contribution in [0.3, 0.4) is 0 Å². The number of aryl methyl sites for hydroxylation is 1. The Bertz CT molecular complexity index is 561. The van der Waals surface area contributed by atoms with Crippen LogP contribution in [0.1, 0.15) is 17.5 Å². The van der Waals surface area contributed by atoms with E-state index >= 15 is 0 Å². The summed E-state index contributed by atoms with van der Waals surface area (Å²) < 4.78 is 37.8. The van der Waals surface area contributed by atoms with Gasteiger partial charge in [0, 0.05) is 5.56 Å². The summed E-state index contributed by atoms with van der Waals surface area (Å²) in [4.78, 5) is 4.25. The molecule has 6 heteroatoms. The largest absolute Gasteiger partial charge is 0.416 e. The van der Waals surface area contributed by atoms with Gasteiger partial charge in [-0.15, -0.1) is 11.3 Å². The smallest absolute Gasteiger partial charge is 0.389 e. The van der Waals surface area contributed by atoms with Crippen molar-refractivity contribution in [1.82, 2.24) is 4.98 Å². The van der Waals surface area contributed by atoms with Gasteiger partial charge in [-0.2, -0.15) is 13.2 Å². The first-order valence-corrected chi connectivity index (χ1v) is 6.16. The third-order valence-corrected chi connectivity index (χ3v) is 3.49. The minimum absolute atomic E-state index is 0.401. The van der Waals surface area contributed by atoms with Gasteiger partial charge in [0.15, 0.2) is 0 Å². The van der Waals surface area contributed by atoms with E-state index in [0.29, 0.717) is 22.7 Å². The second-order valence-corrected chi connectivity index (χ2v) is 4.87. The van der Waals surface area contributed by atoms with Crippen molar-refractivity contribution in [3.8, 4) is 11.3 Å². The zero-order chi connectivity index (χ0) is 13.3. The lowest BCUT2D eigenvalue weighted by molar-refractivity contribution is -0.137. The van der Waals surface area contributed by atoms with Crippen LogP contribution in [0.2, 0.25) is 0 Å². The molecule has 0 radical (unpaired) electrons. The van der Waals surface area contributed by atoms with Gasteiger partial charge in [0.25, 0.3) is 0 Å². The number of anilines is 1. The molecule has 96 valence electrons. The van der Waals surface area contributed by atoms with E-state index in [4.69, 9.17) is 5.73 Å². The first-order chi connectivity index (χ1) is 8.41. The van der Waals surface area contributed by atoms with Crippen molar-refractivity contribution >= 4 is 16.3 Å². The van der Waals surface area contributed by atoms with E-state index in [2.05, 4.69) is 4.98 Å². The number of halogens is 3. The minimum Gasteiger partial charge on any atom is -0.389 e. The van der Waals surface area contributed by atoms with Crippen molar-refractivity contribution in [2.75, 3.05) is 5.73 Å². The number of alkyl halides is 3. The van der Waals surface area contributed by atoms with Gasteiger partial charge in [-0.1, -0.05) is 19.1 Å². The molecule has 18 heavy (non-hydrogen) atoms. The number of nitrogens with zero attached hydrogens (tertiary/aromatic N) is 1. The number of nitrogens with two attached hydrogens (primary N) is 1. The second-order valence-electron chi connectivity index (χ2n) is 3.75. The highest BCUT2D eigenvalue weighted by molar-refractivity contribution is 7.16. The number of rotatable bonds is 2. The van der Waals surface area contributed by atoms with Crippen molar-refractivity contribution in [3.63, 3.8) is 0 Å². The highest BCUT2D eigenvalue weighted by Gasteiger charge is 2.30. The molecule has 0 spiro atoms. The Morgan fingerprint density at radius 1 is 1.33 bits per heavy atom. The number of aromatic nitrogens is 1. The highest BCUT2D eigenvalue weighted by atomic mass is 32.1. The number of hydrogen-bond donors (Lipinski definition) is 1. The van der Waals surface area contributed by atoms with Crippen LogP contribution in [0.25, 0.3) is 11.3 Å². The Labute approximate surface area is 106 Å². The second kappa shape index (κ2) is 4.61. The Balaban J connectivity index is 2.47. The summed E-state index contributed by atoms with van der Waals surface area (Å²) in [5, 5.41) is 1.27. The van der Waals surface area contributed by atoms with Crippen molar-refractivity contribution < 1.29 is 13.2 Å². The average Bonchev–Trinajstić information content (AvgIpc) is 2.70. The third-order valence-electron chi connectivity index (χ3n) is 2.46. The average molecular weight is 272 g/mol. The van der Waals surface area contributed by atoms with Crippen LogP contribution < -0.4 is 5.73 Å². The molecule has 1 heterocycles. The van der Waals surface area contributed by atoms with Crippen LogP contribution in [0.15, 0.2) is 24.3 Å². The summed E-state index contributed by atoms with van der Waals surface area (Å²) in [5.74, 6) is 0. The topological polar surface area (TPSA) is 38.9 Å².